The first-order valence-corrected chi connectivity index (χ1v) is 11.4. The molecule has 0 saturated carbocycles. The molecular weight excluding hydrogens is 447 g/mol. The molecule has 5 nitrogen and oxygen atoms in total. The van der Waals surface area contributed by atoms with E-state index in [0.29, 0.717) is 31.4 Å². The lowest BCUT2D eigenvalue weighted by Gasteiger charge is -2.01. The summed E-state index contributed by atoms with van der Waals surface area (Å²) in [5.74, 6) is -0.277. The number of hydrogen-bond acceptors (Lipinski definition) is 6. The minimum Gasteiger partial charge on any atom is -0.397 e. The number of fused-ring (bicyclic) bond motifs is 2. The number of hydrogen-bond donors (Lipinski definition) is 2. The number of nitrogens with two attached hydrogens (primary N) is 1. The maximum absolute atomic E-state index is 12.8. The Kier molecular flexibility index (Phi) is 4.70. The molecule has 0 unspecified atom stereocenters. The van der Waals surface area contributed by atoms with Crippen molar-refractivity contribution in [3.05, 3.63) is 55.8 Å². The van der Waals surface area contributed by atoms with Crippen molar-refractivity contribution in [2.24, 2.45) is 0 Å². The second kappa shape index (κ2) is 7.25. The van der Waals surface area contributed by atoms with Crippen molar-refractivity contribution in [1.82, 2.24) is 9.97 Å². The Morgan fingerprint density at radius 2 is 2.00 bits per heavy atom. The van der Waals surface area contributed by atoms with Crippen LogP contribution in [0.5, 0.6) is 0 Å². The third-order valence-corrected chi connectivity index (χ3v) is 7.51. The van der Waals surface area contributed by atoms with Crippen molar-refractivity contribution in [2.75, 3.05) is 11.1 Å². The van der Waals surface area contributed by atoms with Gasteiger partial charge in [-0.15, -0.1) is 22.7 Å². The number of rotatable bonds is 3. The number of nitrogens with one attached hydrogen (secondary N) is 1. The van der Waals surface area contributed by atoms with E-state index in [2.05, 4.69) is 16.4 Å². The summed E-state index contributed by atoms with van der Waals surface area (Å²) in [6.45, 7) is 0. The zero-order valence-corrected chi connectivity index (χ0v) is 18.1. The average molecular weight is 461 g/mol. The van der Waals surface area contributed by atoms with Crippen LogP contribution in [0.15, 0.2) is 29.6 Å². The number of anilines is 2. The van der Waals surface area contributed by atoms with Crippen molar-refractivity contribution in [3.8, 4) is 11.3 Å². The van der Waals surface area contributed by atoms with Gasteiger partial charge in [0.1, 0.15) is 9.71 Å². The van der Waals surface area contributed by atoms with Gasteiger partial charge in [0.25, 0.3) is 5.91 Å². The number of benzene rings is 1. The van der Waals surface area contributed by atoms with Gasteiger partial charge in [0.2, 0.25) is 0 Å². The molecular formula is C20H14Cl2N4OS2. The van der Waals surface area contributed by atoms with Crippen LogP contribution in [0.4, 0.5) is 10.8 Å². The fraction of sp³-hybridized carbons (Fsp3) is 0.150. The normalized spacial score (nSPS) is 13.0. The molecule has 9 heteroatoms. The summed E-state index contributed by atoms with van der Waals surface area (Å²) in [7, 11) is 0. The Labute approximate surface area is 184 Å². The minimum atomic E-state index is -0.277. The highest BCUT2D eigenvalue weighted by atomic mass is 35.5. The number of thiophene rings is 1. The highest BCUT2D eigenvalue weighted by molar-refractivity contribution is 7.21. The zero-order valence-electron chi connectivity index (χ0n) is 15.0. The topological polar surface area (TPSA) is 80.9 Å². The summed E-state index contributed by atoms with van der Waals surface area (Å²) in [5.41, 5.74) is 10.7. The second-order valence-corrected chi connectivity index (χ2v) is 9.44. The van der Waals surface area contributed by atoms with Crippen molar-refractivity contribution in [3.63, 3.8) is 0 Å². The van der Waals surface area contributed by atoms with Crippen LogP contribution in [0.1, 0.15) is 27.3 Å². The fourth-order valence-corrected chi connectivity index (χ4v) is 5.44. The van der Waals surface area contributed by atoms with Gasteiger partial charge in [0.05, 0.1) is 21.4 Å². The number of carbonyl (C=O) groups excluding carboxylic acids is 1. The molecule has 0 saturated heterocycles. The van der Waals surface area contributed by atoms with E-state index in [-0.39, 0.29) is 5.91 Å². The maximum Gasteiger partial charge on any atom is 0.269 e. The number of nitrogen functional groups attached to an aromatic ring is 1. The van der Waals surface area contributed by atoms with E-state index >= 15 is 0 Å². The van der Waals surface area contributed by atoms with Crippen LogP contribution in [0.25, 0.3) is 21.5 Å². The molecule has 0 aliphatic heterocycles. The molecule has 1 aliphatic rings. The van der Waals surface area contributed by atoms with Crippen LogP contribution < -0.4 is 11.1 Å². The van der Waals surface area contributed by atoms with E-state index in [1.807, 2.05) is 11.4 Å². The molecule has 3 heterocycles. The number of thiazole rings is 1. The number of amides is 1. The summed E-state index contributed by atoms with van der Waals surface area (Å²) in [5, 5.41) is 6.99. The number of aryl methyl sites for hydroxylation is 2. The third-order valence-electron chi connectivity index (χ3n) is 4.90. The predicted molar refractivity (Wildman–Crippen MR) is 122 cm³/mol. The van der Waals surface area contributed by atoms with Gasteiger partial charge in [0.15, 0.2) is 5.13 Å². The number of carbonyl (C=O) groups is 1. The van der Waals surface area contributed by atoms with Gasteiger partial charge in [-0.05, 0) is 43.0 Å². The van der Waals surface area contributed by atoms with Crippen LogP contribution >= 0.6 is 45.9 Å². The fourth-order valence-electron chi connectivity index (χ4n) is 3.44. The molecule has 3 aromatic heterocycles. The molecule has 0 spiro atoms. The Balaban J connectivity index is 1.41. The molecule has 0 atom stereocenters. The Bertz CT molecular complexity index is 1280. The Morgan fingerprint density at radius 3 is 2.83 bits per heavy atom. The second-order valence-electron chi connectivity index (χ2n) is 6.77. The number of aromatic nitrogens is 2. The first kappa shape index (κ1) is 18.8. The van der Waals surface area contributed by atoms with Crippen molar-refractivity contribution >= 4 is 72.8 Å². The summed E-state index contributed by atoms with van der Waals surface area (Å²) < 4.78 is 0. The van der Waals surface area contributed by atoms with E-state index in [0.717, 1.165) is 40.7 Å². The van der Waals surface area contributed by atoms with Gasteiger partial charge in [-0.25, -0.2) is 9.97 Å². The minimum absolute atomic E-state index is 0.277. The Hall–Kier alpha value is -2.19. The average Bonchev–Trinajstić information content (AvgIpc) is 3.42. The van der Waals surface area contributed by atoms with Gasteiger partial charge in [-0.1, -0.05) is 29.3 Å². The predicted octanol–water partition coefficient (Wildman–Crippen LogP) is 6.05. The third kappa shape index (κ3) is 3.38. The summed E-state index contributed by atoms with van der Waals surface area (Å²) in [6, 6.07) is 7.39. The van der Waals surface area contributed by atoms with Gasteiger partial charge in [-0.3, -0.25) is 10.1 Å². The van der Waals surface area contributed by atoms with Crippen molar-refractivity contribution in [2.45, 2.75) is 19.3 Å². The first-order chi connectivity index (χ1) is 14.0. The SMILES string of the molecule is Nc1c(C(=O)Nc2nc(-c3ccc(Cl)c(Cl)c3)cs2)sc2nc3c(cc12)CCC3. The zero-order chi connectivity index (χ0) is 20.1. The van der Waals surface area contributed by atoms with E-state index in [1.54, 1.807) is 12.1 Å². The standard InChI is InChI=1S/C20H14Cl2N4OS2/c21-12-5-4-10(7-13(12)22)15-8-28-20(25-15)26-18(27)17-16(23)11-6-9-2-1-3-14(9)24-19(11)29-17/h4-8H,1-3,23H2,(H,25,26,27). The van der Waals surface area contributed by atoms with Crippen molar-refractivity contribution in [1.29, 1.82) is 0 Å². The number of nitrogens with zero attached hydrogens (tertiary/aromatic N) is 2. The molecule has 5 rings (SSSR count). The van der Waals surface area contributed by atoms with Crippen LogP contribution in [0.3, 0.4) is 0 Å². The van der Waals surface area contributed by atoms with Crippen LogP contribution in [0.2, 0.25) is 10.0 Å². The van der Waals surface area contributed by atoms with E-state index < -0.39 is 0 Å². The van der Waals surface area contributed by atoms with Gasteiger partial charge >= 0.3 is 0 Å². The monoisotopic (exact) mass is 460 g/mol. The van der Waals surface area contributed by atoms with E-state index in [4.69, 9.17) is 33.9 Å². The molecule has 29 heavy (non-hydrogen) atoms. The molecule has 1 amide bonds. The molecule has 146 valence electrons. The molecule has 3 N–H and O–H groups in total. The first-order valence-electron chi connectivity index (χ1n) is 8.92. The summed E-state index contributed by atoms with van der Waals surface area (Å²) in [4.78, 5) is 23.3. The number of halogens is 2. The van der Waals surface area contributed by atoms with E-state index in [1.165, 1.54) is 28.2 Å². The molecule has 0 bridgehead atoms. The summed E-state index contributed by atoms with van der Waals surface area (Å²) >= 11 is 14.7. The molecule has 1 aliphatic carbocycles. The van der Waals surface area contributed by atoms with Crippen LogP contribution in [-0.4, -0.2) is 15.9 Å². The van der Waals surface area contributed by atoms with Gasteiger partial charge < -0.3 is 5.73 Å². The molecule has 1 aromatic carbocycles. The van der Waals surface area contributed by atoms with Crippen LogP contribution in [-0.2, 0) is 12.8 Å². The highest BCUT2D eigenvalue weighted by Crippen LogP contribution is 2.36. The van der Waals surface area contributed by atoms with Crippen LogP contribution in [0, 0.1) is 0 Å². The quantitative estimate of drug-likeness (QED) is 0.389. The lowest BCUT2D eigenvalue weighted by molar-refractivity contribution is 0.103. The maximum atomic E-state index is 12.8. The highest BCUT2D eigenvalue weighted by Gasteiger charge is 2.22. The lowest BCUT2D eigenvalue weighted by atomic mass is 10.1. The molecule has 0 fully saturated rings. The van der Waals surface area contributed by atoms with Gasteiger partial charge in [0, 0.05) is 22.0 Å². The molecule has 0 radical (unpaired) electrons. The van der Waals surface area contributed by atoms with Gasteiger partial charge in [-0.2, -0.15) is 0 Å². The smallest absolute Gasteiger partial charge is 0.269 e. The largest absolute Gasteiger partial charge is 0.397 e. The molecule has 4 aromatic rings. The summed E-state index contributed by atoms with van der Waals surface area (Å²) in [6.07, 6.45) is 3.13. The van der Waals surface area contributed by atoms with Crippen molar-refractivity contribution < 1.29 is 4.79 Å². The lowest BCUT2D eigenvalue weighted by Crippen LogP contribution is -2.11. The Morgan fingerprint density at radius 1 is 1.14 bits per heavy atom. The van der Waals surface area contributed by atoms with E-state index in [9.17, 15) is 4.79 Å². The number of pyridine rings is 1.